The number of amides is 1. The zero-order chi connectivity index (χ0) is 25.8. The first kappa shape index (κ1) is 24.5. The van der Waals surface area contributed by atoms with Gasteiger partial charge in [-0.05, 0) is 60.4 Å². The van der Waals surface area contributed by atoms with E-state index in [1.54, 1.807) is 10.6 Å². The molecule has 0 saturated carbocycles. The van der Waals surface area contributed by atoms with Crippen molar-refractivity contribution in [2.45, 2.75) is 25.0 Å². The zero-order valence-electron chi connectivity index (χ0n) is 20.7. The predicted octanol–water partition coefficient (Wildman–Crippen LogP) is 6.00. The van der Waals surface area contributed by atoms with Crippen LogP contribution in [-0.4, -0.2) is 21.2 Å². The molecule has 0 bridgehead atoms. The molecule has 5 nitrogen and oxygen atoms in total. The van der Waals surface area contributed by atoms with E-state index in [-0.39, 0.29) is 23.3 Å². The van der Waals surface area contributed by atoms with E-state index in [9.17, 15) is 9.59 Å². The van der Waals surface area contributed by atoms with E-state index in [4.69, 9.17) is 4.98 Å². The van der Waals surface area contributed by atoms with Crippen LogP contribution in [0.15, 0.2) is 113 Å². The summed E-state index contributed by atoms with van der Waals surface area (Å²) >= 11 is 1.26. The van der Waals surface area contributed by atoms with Crippen molar-refractivity contribution in [3.8, 4) is 5.69 Å². The van der Waals surface area contributed by atoms with E-state index in [2.05, 4.69) is 5.32 Å². The van der Waals surface area contributed by atoms with Crippen LogP contribution in [0, 0.1) is 13.8 Å². The van der Waals surface area contributed by atoms with Gasteiger partial charge in [0.05, 0.1) is 28.4 Å². The largest absolute Gasteiger partial charge is 0.344 e. The summed E-state index contributed by atoms with van der Waals surface area (Å²) in [5.74, 6) is -0.0250. The molecule has 0 unspecified atom stereocenters. The molecule has 5 rings (SSSR count). The van der Waals surface area contributed by atoms with Crippen molar-refractivity contribution in [3.63, 3.8) is 0 Å². The summed E-state index contributed by atoms with van der Waals surface area (Å²) in [5.41, 5.74) is 5.43. The fourth-order valence-electron chi connectivity index (χ4n) is 4.28. The Balaban J connectivity index is 1.46. The van der Waals surface area contributed by atoms with Gasteiger partial charge in [0, 0.05) is 0 Å². The average Bonchev–Trinajstić information content (AvgIpc) is 2.93. The van der Waals surface area contributed by atoms with Crippen molar-refractivity contribution >= 4 is 28.6 Å². The highest BCUT2D eigenvalue weighted by Gasteiger charge is 2.19. The van der Waals surface area contributed by atoms with Gasteiger partial charge in [-0.2, -0.15) is 0 Å². The molecule has 0 saturated heterocycles. The Kier molecular flexibility index (Phi) is 7.19. The lowest BCUT2D eigenvalue weighted by molar-refractivity contribution is -0.119. The van der Waals surface area contributed by atoms with Crippen molar-refractivity contribution in [2.24, 2.45) is 0 Å². The summed E-state index contributed by atoms with van der Waals surface area (Å²) in [4.78, 5) is 31.5. The van der Waals surface area contributed by atoms with Crippen molar-refractivity contribution in [2.75, 3.05) is 5.75 Å². The molecule has 184 valence electrons. The van der Waals surface area contributed by atoms with E-state index in [0.717, 1.165) is 27.9 Å². The fraction of sp³-hybridized carbons (Fsp3) is 0.129. The Morgan fingerprint density at radius 2 is 1.46 bits per heavy atom. The molecule has 1 N–H and O–H groups in total. The number of thioether (sulfide) groups is 1. The number of nitrogens with one attached hydrogen (secondary N) is 1. The maximum Gasteiger partial charge on any atom is 0.266 e. The molecule has 0 fully saturated rings. The van der Waals surface area contributed by atoms with Crippen molar-refractivity contribution < 1.29 is 4.79 Å². The molecule has 1 aromatic heterocycles. The molecule has 0 aliphatic rings. The van der Waals surface area contributed by atoms with E-state index in [0.29, 0.717) is 16.1 Å². The minimum atomic E-state index is -0.276. The third-order valence-corrected chi connectivity index (χ3v) is 7.34. The fourth-order valence-corrected chi connectivity index (χ4v) is 5.11. The summed E-state index contributed by atoms with van der Waals surface area (Å²) in [7, 11) is 0. The molecular weight excluding hydrogens is 478 g/mol. The van der Waals surface area contributed by atoms with Crippen LogP contribution in [0.1, 0.15) is 28.3 Å². The number of carbonyl (C=O) groups is 1. The number of aryl methyl sites for hydroxylation is 2. The number of carbonyl (C=O) groups excluding carboxylic acids is 1. The molecule has 37 heavy (non-hydrogen) atoms. The maximum atomic E-state index is 13.5. The summed E-state index contributed by atoms with van der Waals surface area (Å²) in [6.45, 7) is 4.06. The molecule has 6 heteroatoms. The van der Waals surface area contributed by atoms with Gasteiger partial charge in [-0.25, -0.2) is 4.98 Å². The lowest BCUT2D eigenvalue weighted by Crippen LogP contribution is -2.31. The summed E-state index contributed by atoms with van der Waals surface area (Å²) in [6, 6.07) is 32.7. The summed E-state index contributed by atoms with van der Waals surface area (Å²) in [6.07, 6.45) is 0. The lowest BCUT2D eigenvalue weighted by atomic mass is 9.99. The quantitative estimate of drug-likeness (QED) is 0.218. The van der Waals surface area contributed by atoms with Crippen molar-refractivity contribution in [1.82, 2.24) is 14.9 Å². The third kappa shape index (κ3) is 5.34. The molecule has 4 aromatic carbocycles. The van der Waals surface area contributed by atoms with E-state index < -0.39 is 0 Å². The lowest BCUT2D eigenvalue weighted by Gasteiger charge is -2.20. The van der Waals surface area contributed by atoms with Gasteiger partial charge >= 0.3 is 0 Å². The number of rotatable bonds is 7. The van der Waals surface area contributed by atoms with Gasteiger partial charge in [0.2, 0.25) is 5.91 Å². The van der Waals surface area contributed by atoms with Crippen molar-refractivity contribution in [1.29, 1.82) is 0 Å². The van der Waals surface area contributed by atoms with Crippen LogP contribution < -0.4 is 10.9 Å². The Bertz CT molecular complexity index is 1580. The van der Waals surface area contributed by atoms with Gasteiger partial charge in [0.1, 0.15) is 0 Å². The minimum absolute atomic E-state index is 0.117. The Morgan fingerprint density at radius 3 is 2.11 bits per heavy atom. The first-order valence-electron chi connectivity index (χ1n) is 12.1. The van der Waals surface area contributed by atoms with Crippen LogP contribution in [0.2, 0.25) is 0 Å². The molecule has 0 atom stereocenters. The zero-order valence-corrected chi connectivity index (χ0v) is 21.5. The SMILES string of the molecule is Cc1ccc(-n2c(SCC(=O)NC(c3ccccc3)c3ccccc3)nc3ccccc3c2=O)cc1C. The highest BCUT2D eigenvalue weighted by Crippen LogP contribution is 2.25. The van der Waals surface area contributed by atoms with Crippen LogP contribution in [0.4, 0.5) is 0 Å². The molecule has 0 aliphatic heterocycles. The van der Waals surface area contributed by atoms with Crippen LogP contribution in [0.5, 0.6) is 0 Å². The molecule has 5 aromatic rings. The Hall–Kier alpha value is -4.16. The second-order valence-corrected chi connectivity index (χ2v) is 9.87. The van der Waals surface area contributed by atoms with E-state index >= 15 is 0 Å². The Morgan fingerprint density at radius 1 is 0.838 bits per heavy atom. The first-order chi connectivity index (χ1) is 18.0. The number of hydrogen-bond donors (Lipinski definition) is 1. The topological polar surface area (TPSA) is 64.0 Å². The summed E-state index contributed by atoms with van der Waals surface area (Å²) < 4.78 is 1.61. The smallest absolute Gasteiger partial charge is 0.266 e. The summed E-state index contributed by atoms with van der Waals surface area (Å²) in [5, 5.41) is 4.20. The van der Waals surface area contributed by atoms with Gasteiger partial charge in [-0.15, -0.1) is 0 Å². The van der Waals surface area contributed by atoms with Crippen LogP contribution >= 0.6 is 11.8 Å². The molecule has 0 spiro atoms. The average molecular weight is 506 g/mol. The number of aromatic nitrogens is 2. The predicted molar refractivity (Wildman–Crippen MR) is 150 cm³/mol. The Labute approximate surface area is 220 Å². The van der Waals surface area contributed by atoms with Gasteiger partial charge < -0.3 is 5.32 Å². The molecular formula is C31H27N3O2S. The second kappa shape index (κ2) is 10.8. The van der Waals surface area contributed by atoms with Crippen molar-refractivity contribution in [3.05, 3.63) is 136 Å². The minimum Gasteiger partial charge on any atom is -0.344 e. The number of nitrogens with zero attached hydrogens (tertiary/aromatic N) is 2. The third-order valence-electron chi connectivity index (χ3n) is 6.40. The van der Waals surface area contributed by atoms with Crippen LogP contribution in [0.25, 0.3) is 16.6 Å². The molecule has 1 amide bonds. The number of hydrogen-bond acceptors (Lipinski definition) is 4. The number of benzene rings is 4. The van der Waals surface area contributed by atoms with Crippen LogP contribution in [-0.2, 0) is 4.79 Å². The standard InChI is InChI=1S/C31H27N3O2S/c1-21-17-18-25(19-22(21)2)34-30(36)26-15-9-10-16-27(26)32-31(34)37-20-28(35)33-29(23-11-5-3-6-12-23)24-13-7-4-8-14-24/h3-19,29H,20H2,1-2H3,(H,33,35). The highest BCUT2D eigenvalue weighted by molar-refractivity contribution is 7.99. The molecule has 1 heterocycles. The van der Waals surface area contributed by atoms with Crippen LogP contribution in [0.3, 0.4) is 0 Å². The monoisotopic (exact) mass is 505 g/mol. The van der Waals surface area contributed by atoms with E-state index in [1.165, 1.54) is 11.8 Å². The molecule has 0 aliphatic carbocycles. The maximum absolute atomic E-state index is 13.5. The molecule has 0 radical (unpaired) electrons. The number of fused-ring (bicyclic) bond motifs is 1. The highest BCUT2D eigenvalue weighted by atomic mass is 32.2. The van der Waals surface area contributed by atoms with Gasteiger partial charge in [0.15, 0.2) is 5.16 Å². The first-order valence-corrected chi connectivity index (χ1v) is 13.1. The second-order valence-electron chi connectivity index (χ2n) is 8.93. The van der Waals surface area contributed by atoms with Gasteiger partial charge in [-0.3, -0.25) is 14.2 Å². The van der Waals surface area contributed by atoms with Gasteiger partial charge in [-0.1, -0.05) is 90.6 Å². The van der Waals surface area contributed by atoms with E-state index in [1.807, 2.05) is 111 Å². The van der Waals surface area contributed by atoms with Gasteiger partial charge in [0.25, 0.3) is 5.56 Å². The normalized spacial score (nSPS) is 11.1. The number of para-hydroxylation sites is 1.